The Hall–Kier alpha value is -1.94. The second-order valence-corrected chi connectivity index (χ2v) is 6.91. The summed E-state index contributed by atoms with van der Waals surface area (Å²) in [7, 11) is 1.53. The molecule has 6 nitrogen and oxygen atoms in total. The summed E-state index contributed by atoms with van der Waals surface area (Å²) in [4.78, 5) is 17.3. The maximum atomic E-state index is 12.6. The van der Waals surface area contributed by atoms with Crippen LogP contribution in [0.3, 0.4) is 0 Å². The van der Waals surface area contributed by atoms with E-state index in [-0.39, 0.29) is 29.2 Å². The van der Waals surface area contributed by atoms with Crippen LogP contribution in [0.25, 0.3) is 0 Å². The lowest BCUT2D eigenvalue weighted by atomic mass is 10.1. The van der Waals surface area contributed by atoms with Gasteiger partial charge in [0.1, 0.15) is 10.7 Å². The maximum absolute atomic E-state index is 12.6. The van der Waals surface area contributed by atoms with Gasteiger partial charge in [-0.05, 0) is 25.5 Å². The standard InChI is InChI=1S/C15H18F3N5OS/c1-22(8-13-20-12(9-25-13)15(16,17)18)14(24)11-4-6-23(21-11)10-3-2-5-19-7-10/h4,6,9-10,19H,2-3,5,7-8H2,1H3. The summed E-state index contributed by atoms with van der Waals surface area (Å²) in [5, 5.41) is 8.81. The normalized spacial score (nSPS) is 18.3. The van der Waals surface area contributed by atoms with E-state index >= 15 is 0 Å². The van der Waals surface area contributed by atoms with E-state index in [0.717, 1.165) is 42.6 Å². The molecule has 25 heavy (non-hydrogen) atoms. The van der Waals surface area contributed by atoms with E-state index in [4.69, 9.17) is 0 Å². The third-order valence-corrected chi connectivity index (χ3v) is 4.87. The summed E-state index contributed by atoms with van der Waals surface area (Å²) in [6, 6.07) is 1.85. The van der Waals surface area contributed by atoms with Gasteiger partial charge in [0, 0.05) is 25.2 Å². The zero-order valence-corrected chi connectivity index (χ0v) is 14.4. The minimum atomic E-state index is -4.47. The van der Waals surface area contributed by atoms with Crippen LogP contribution < -0.4 is 5.32 Å². The number of nitrogens with one attached hydrogen (secondary N) is 1. The Balaban J connectivity index is 1.64. The van der Waals surface area contributed by atoms with Crippen LogP contribution in [0.5, 0.6) is 0 Å². The summed E-state index contributed by atoms with van der Waals surface area (Å²) in [5.41, 5.74) is -0.650. The number of amides is 1. The predicted molar refractivity (Wildman–Crippen MR) is 86.3 cm³/mol. The largest absolute Gasteiger partial charge is 0.434 e. The van der Waals surface area contributed by atoms with Crippen LogP contribution in [0, 0.1) is 0 Å². The van der Waals surface area contributed by atoms with Crippen molar-refractivity contribution in [3.63, 3.8) is 0 Å². The van der Waals surface area contributed by atoms with Gasteiger partial charge < -0.3 is 10.2 Å². The van der Waals surface area contributed by atoms with Gasteiger partial charge in [-0.3, -0.25) is 9.48 Å². The smallest absolute Gasteiger partial charge is 0.334 e. The Labute approximate surface area is 146 Å². The minimum absolute atomic E-state index is 0.0113. The summed E-state index contributed by atoms with van der Waals surface area (Å²) in [6.45, 7) is 1.81. The Morgan fingerprint density at radius 2 is 2.32 bits per heavy atom. The summed E-state index contributed by atoms with van der Waals surface area (Å²) < 4.78 is 39.5. The first-order chi connectivity index (χ1) is 11.8. The Morgan fingerprint density at radius 1 is 1.52 bits per heavy atom. The highest BCUT2D eigenvalue weighted by Crippen LogP contribution is 2.30. The molecule has 10 heteroatoms. The van der Waals surface area contributed by atoms with E-state index in [1.165, 1.54) is 11.9 Å². The number of halogens is 3. The first-order valence-corrected chi connectivity index (χ1v) is 8.75. The number of piperidine rings is 1. The van der Waals surface area contributed by atoms with Crippen LogP contribution in [0.1, 0.15) is 40.1 Å². The number of aromatic nitrogens is 3. The summed E-state index contributed by atoms with van der Waals surface area (Å²) >= 11 is 0.886. The van der Waals surface area contributed by atoms with Crippen LogP contribution in [0.4, 0.5) is 13.2 Å². The fraction of sp³-hybridized carbons (Fsp3) is 0.533. The van der Waals surface area contributed by atoms with Gasteiger partial charge in [0.2, 0.25) is 0 Å². The Kier molecular flexibility index (Phi) is 5.09. The molecule has 1 saturated heterocycles. The molecule has 1 unspecified atom stereocenters. The van der Waals surface area contributed by atoms with E-state index in [9.17, 15) is 18.0 Å². The molecule has 1 fully saturated rings. The van der Waals surface area contributed by atoms with Crippen molar-refractivity contribution in [3.05, 3.63) is 34.0 Å². The number of rotatable bonds is 4. The highest BCUT2D eigenvalue weighted by molar-refractivity contribution is 7.09. The van der Waals surface area contributed by atoms with E-state index in [0.29, 0.717) is 0 Å². The summed E-state index contributed by atoms with van der Waals surface area (Å²) in [5.74, 6) is -0.341. The second-order valence-electron chi connectivity index (χ2n) is 5.97. The lowest BCUT2D eigenvalue weighted by Crippen LogP contribution is -2.32. The molecule has 1 N–H and O–H groups in total. The van der Waals surface area contributed by atoms with Gasteiger partial charge >= 0.3 is 6.18 Å². The van der Waals surface area contributed by atoms with E-state index in [2.05, 4.69) is 15.4 Å². The molecule has 0 spiro atoms. The van der Waals surface area contributed by atoms with Gasteiger partial charge in [-0.2, -0.15) is 18.3 Å². The topological polar surface area (TPSA) is 63.1 Å². The van der Waals surface area contributed by atoms with Crippen LogP contribution in [-0.2, 0) is 12.7 Å². The second kappa shape index (κ2) is 7.12. The Morgan fingerprint density at radius 3 is 2.96 bits per heavy atom. The molecule has 1 aliphatic rings. The first kappa shape index (κ1) is 17.9. The van der Waals surface area contributed by atoms with Gasteiger partial charge in [-0.15, -0.1) is 11.3 Å². The number of thiazole rings is 1. The van der Waals surface area contributed by atoms with Gasteiger partial charge in [0.05, 0.1) is 12.6 Å². The zero-order valence-electron chi connectivity index (χ0n) is 13.6. The minimum Gasteiger partial charge on any atom is -0.334 e. The molecule has 1 atom stereocenters. The van der Waals surface area contributed by atoms with Crippen LogP contribution in [-0.4, -0.2) is 45.7 Å². The zero-order chi connectivity index (χ0) is 18.0. The molecule has 1 amide bonds. The molecule has 3 heterocycles. The molecule has 0 radical (unpaired) electrons. The van der Waals surface area contributed by atoms with Gasteiger partial charge in [-0.1, -0.05) is 0 Å². The molecule has 0 aliphatic carbocycles. The van der Waals surface area contributed by atoms with Crippen molar-refractivity contribution in [1.29, 1.82) is 0 Å². The highest BCUT2D eigenvalue weighted by atomic mass is 32.1. The van der Waals surface area contributed by atoms with Crippen LogP contribution in [0.15, 0.2) is 17.6 Å². The van der Waals surface area contributed by atoms with Crippen LogP contribution >= 0.6 is 11.3 Å². The van der Waals surface area contributed by atoms with Crippen molar-refractivity contribution in [1.82, 2.24) is 25.0 Å². The van der Waals surface area contributed by atoms with Crippen molar-refractivity contribution in [3.8, 4) is 0 Å². The SMILES string of the molecule is CN(Cc1nc(C(F)(F)F)cs1)C(=O)c1ccn(C2CCCNC2)n1. The van der Waals surface area contributed by atoms with E-state index < -0.39 is 11.9 Å². The van der Waals surface area contributed by atoms with Crippen LogP contribution in [0.2, 0.25) is 0 Å². The van der Waals surface area contributed by atoms with E-state index in [1.54, 1.807) is 16.9 Å². The number of nitrogens with zero attached hydrogens (tertiary/aromatic N) is 4. The van der Waals surface area contributed by atoms with Gasteiger partial charge in [0.25, 0.3) is 5.91 Å². The quantitative estimate of drug-likeness (QED) is 0.895. The molecular weight excluding hydrogens is 355 g/mol. The molecule has 0 bridgehead atoms. The molecule has 1 aliphatic heterocycles. The Bertz CT molecular complexity index is 736. The number of hydrogen-bond donors (Lipinski definition) is 1. The first-order valence-electron chi connectivity index (χ1n) is 7.87. The van der Waals surface area contributed by atoms with Crippen molar-refractivity contribution < 1.29 is 18.0 Å². The number of hydrogen-bond acceptors (Lipinski definition) is 5. The summed E-state index contributed by atoms with van der Waals surface area (Å²) in [6.07, 6.45) is -0.648. The van der Waals surface area contributed by atoms with Gasteiger partial charge in [-0.25, -0.2) is 4.98 Å². The molecule has 0 saturated carbocycles. The fourth-order valence-corrected chi connectivity index (χ4v) is 3.55. The molecule has 3 rings (SSSR count). The van der Waals surface area contributed by atoms with E-state index in [1.807, 2.05) is 0 Å². The monoisotopic (exact) mass is 373 g/mol. The van der Waals surface area contributed by atoms with Crippen molar-refractivity contribution >= 4 is 17.2 Å². The average molecular weight is 373 g/mol. The molecule has 2 aromatic rings. The molecular formula is C15H18F3N5OS. The fourth-order valence-electron chi connectivity index (χ4n) is 2.70. The third kappa shape index (κ3) is 4.18. The van der Waals surface area contributed by atoms with Gasteiger partial charge in [0.15, 0.2) is 5.69 Å². The number of carbonyl (C=O) groups is 1. The highest BCUT2D eigenvalue weighted by Gasteiger charge is 2.34. The lowest BCUT2D eigenvalue weighted by molar-refractivity contribution is -0.140. The molecule has 0 aromatic carbocycles. The lowest BCUT2D eigenvalue weighted by Gasteiger charge is -2.23. The third-order valence-electron chi connectivity index (χ3n) is 4.03. The predicted octanol–water partition coefficient (Wildman–Crippen LogP) is 2.56. The number of carbonyl (C=O) groups excluding carboxylic acids is 1. The molecule has 136 valence electrons. The van der Waals surface area contributed by atoms with Crippen molar-refractivity contribution in [2.75, 3.05) is 20.1 Å². The van der Waals surface area contributed by atoms with Crippen molar-refractivity contribution in [2.24, 2.45) is 0 Å². The van der Waals surface area contributed by atoms with Crippen molar-refractivity contribution in [2.45, 2.75) is 31.6 Å². The maximum Gasteiger partial charge on any atom is 0.434 e. The number of alkyl halides is 3. The molecule has 2 aromatic heterocycles. The average Bonchev–Trinajstić information content (AvgIpc) is 3.24.